The molecular formula is C20H22Cl2N6S. The third-order valence-corrected chi connectivity index (χ3v) is 8.37. The number of anilines is 1. The van der Waals surface area contributed by atoms with Gasteiger partial charge in [-0.25, -0.2) is 15.0 Å². The molecule has 29 heavy (non-hydrogen) atoms. The molecule has 1 aliphatic heterocycles. The van der Waals surface area contributed by atoms with Crippen molar-refractivity contribution in [1.29, 1.82) is 0 Å². The van der Waals surface area contributed by atoms with Crippen molar-refractivity contribution in [3.05, 3.63) is 41.0 Å². The van der Waals surface area contributed by atoms with Crippen LogP contribution < -0.4 is 10.6 Å². The molecule has 3 aromatic rings. The smallest absolute Gasteiger partial charge is 0.211 e. The summed E-state index contributed by atoms with van der Waals surface area (Å²) in [5, 5.41) is 0.746. The summed E-state index contributed by atoms with van der Waals surface area (Å²) in [5.41, 5.74) is 7.64. The Bertz CT molecular complexity index is 1050. The van der Waals surface area contributed by atoms with Gasteiger partial charge in [0.1, 0.15) is 5.15 Å². The molecule has 2 fully saturated rings. The maximum atomic E-state index is 6.44. The molecule has 0 unspecified atom stereocenters. The fourth-order valence-corrected chi connectivity index (χ4v) is 6.07. The average Bonchev–Trinajstić information content (AvgIpc) is 3.35. The molecule has 1 saturated heterocycles. The van der Waals surface area contributed by atoms with Gasteiger partial charge < -0.3 is 10.6 Å². The summed E-state index contributed by atoms with van der Waals surface area (Å²) >= 11 is 13.9. The fourth-order valence-electron chi connectivity index (χ4n) is 4.73. The summed E-state index contributed by atoms with van der Waals surface area (Å²) < 4.78 is 2.06. The van der Waals surface area contributed by atoms with Crippen LogP contribution in [0.2, 0.25) is 10.2 Å². The lowest BCUT2D eigenvalue weighted by Gasteiger charge is -2.42. The van der Waals surface area contributed by atoms with Crippen LogP contribution in [-0.4, -0.2) is 38.5 Å². The minimum absolute atomic E-state index is 0.299. The molecule has 9 heteroatoms. The van der Waals surface area contributed by atoms with Crippen LogP contribution >= 0.6 is 35.0 Å². The Labute approximate surface area is 183 Å². The number of piperidine rings is 1. The van der Waals surface area contributed by atoms with E-state index in [-0.39, 0.29) is 0 Å². The lowest BCUT2D eigenvalue weighted by Crippen LogP contribution is -2.47. The topological polar surface area (TPSA) is 72.3 Å². The predicted octanol–water partition coefficient (Wildman–Crippen LogP) is 4.68. The van der Waals surface area contributed by atoms with Crippen molar-refractivity contribution in [3.8, 4) is 0 Å². The third kappa shape index (κ3) is 3.38. The molecule has 0 aromatic carbocycles. The van der Waals surface area contributed by atoms with Gasteiger partial charge in [0.25, 0.3) is 0 Å². The second-order valence-electron chi connectivity index (χ2n) is 7.91. The number of rotatable bonds is 3. The molecule has 2 aliphatic rings. The second kappa shape index (κ2) is 7.61. The first-order chi connectivity index (χ1) is 14.1. The van der Waals surface area contributed by atoms with Crippen LogP contribution in [0.1, 0.15) is 32.1 Å². The maximum Gasteiger partial charge on any atom is 0.211 e. The molecule has 152 valence electrons. The third-order valence-electron chi connectivity index (χ3n) is 6.42. The van der Waals surface area contributed by atoms with Crippen molar-refractivity contribution >= 4 is 46.6 Å². The first-order valence-electron chi connectivity index (χ1n) is 9.88. The number of hydrogen-bond donors (Lipinski definition) is 1. The summed E-state index contributed by atoms with van der Waals surface area (Å²) in [5.74, 6) is 0.933. The number of imidazole rings is 1. The first kappa shape index (κ1) is 19.4. The van der Waals surface area contributed by atoms with Crippen LogP contribution in [0.5, 0.6) is 0 Å². The fraction of sp³-hybridized carbons (Fsp3) is 0.450. The highest BCUT2D eigenvalue weighted by Crippen LogP contribution is 2.46. The van der Waals surface area contributed by atoms with E-state index in [1.807, 2.05) is 24.7 Å². The molecule has 1 atom stereocenters. The van der Waals surface area contributed by atoms with Crippen LogP contribution in [0.3, 0.4) is 0 Å². The van der Waals surface area contributed by atoms with Gasteiger partial charge in [-0.15, -0.1) is 0 Å². The van der Waals surface area contributed by atoms with Gasteiger partial charge in [0, 0.05) is 48.8 Å². The molecule has 1 spiro atoms. The van der Waals surface area contributed by atoms with E-state index in [1.165, 1.54) is 24.6 Å². The van der Waals surface area contributed by atoms with Crippen molar-refractivity contribution in [1.82, 2.24) is 19.4 Å². The van der Waals surface area contributed by atoms with Crippen LogP contribution in [0.4, 0.5) is 5.95 Å². The van der Waals surface area contributed by atoms with E-state index in [9.17, 15) is 0 Å². The molecule has 6 nitrogen and oxygen atoms in total. The van der Waals surface area contributed by atoms with Gasteiger partial charge in [-0.05, 0) is 37.2 Å². The highest BCUT2D eigenvalue weighted by Gasteiger charge is 2.43. The Morgan fingerprint density at radius 3 is 2.66 bits per heavy atom. The van der Waals surface area contributed by atoms with Crippen LogP contribution in [-0.2, 0) is 0 Å². The van der Waals surface area contributed by atoms with E-state index in [4.69, 9.17) is 33.9 Å². The standard InChI is InChI=1S/C20H22Cl2N6S/c21-16-13(3-7-24-17(16)22)29-14-12-26-19(28-11-8-25-18(14)28)27-9-5-20(6-10-27)4-1-2-15(20)23/h3,7-8,11-12,15H,1-2,4-6,9-10,23H2/t15-/m1/s1. The Balaban J connectivity index is 1.42. The quantitative estimate of drug-likeness (QED) is 0.586. The Hall–Kier alpha value is -1.54. The summed E-state index contributed by atoms with van der Waals surface area (Å²) in [4.78, 5) is 17.5. The van der Waals surface area contributed by atoms with E-state index in [0.717, 1.165) is 53.7 Å². The number of nitrogens with zero attached hydrogens (tertiary/aromatic N) is 5. The molecule has 0 bridgehead atoms. The molecular weight excluding hydrogens is 427 g/mol. The minimum Gasteiger partial charge on any atom is -0.342 e. The zero-order chi connectivity index (χ0) is 20.0. The highest BCUT2D eigenvalue weighted by atomic mass is 35.5. The first-order valence-corrected chi connectivity index (χ1v) is 11.5. The Kier molecular flexibility index (Phi) is 5.10. The van der Waals surface area contributed by atoms with E-state index in [1.54, 1.807) is 6.20 Å². The number of aromatic nitrogens is 4. The van der Waals surface area contributed by atoms with Gasteiger partial charge in [-0.2, -0.15) is 0 Å². The van der Waals surface area contributed by atoms with Gasteiger partial charge in [-0.3, -0.25) is 4.40 Å². The second-order valence-corrected chi connectivity index (χ2v) is 9.73. The molecule has 1 aliphatic carbocycles. The number of nitrogens with two attached hydrogens (primary N) is 1. The van der Waals surface area contributed by atoms with Crippen molar-refractivity contribution in [3.63, 3.8) is 0 Å². The van der Waals surface area contributed by atoms with Crippen LogP contribution in [0.15, 0.2) is 40.6 Å². The molecule has 0 radical (unpaired) electrons. The Morgan fingerprint density at radius 2 is 1.90 bits per heavy atom. The maximum absolute atomic E-state index is 6.44. The number of halogens is 2. The van der Waals surface area contributed by atoms with Crippen molar-refractivity contribution in [2.75, 3.05) is 18.0 Å². The summed E-state index contributed by atoms with van der Waals surface area (Å²) in [6, 6.07) is 2.20. The molecule has 4 heterocycles. The highest BCUT2D eigenvalue weighted by molar-refractivity contribution is 7.99. The Morgan fingerprint density at radius 1 is 1.07 bits per heavy atom. The van der Waals surface area contributed by atoms with Gasteiger partial charge in [0.15, 0.2) is 5.65 Å². The summed E-state index contributed by atoms with van der Waals surface area (Å²) in [7, 11) is 0. The van der Waals surface area contributed by atoms with Gasteiger partial charge in [0.05, 0.1) is 9.92 Å². The SMILES string of the molecule is N[C@@H]1CCCC12CCN(c1ncc(Sc3ccnc(Cl)c3Cl)c3nccn13)CC2. The van der Waals surface area contributed by atoms with E-state index < -0.39 is 0 Å². The van der Waals surface area contributed by atoms with Gasteiger partial charge in [-0.1, -0.05) is 41.4 Å². The molecule has 2 N–H and O–H groups in total. The summed E-state index contributed by atoms with van der Waals surface area (Å²) in [6.07, 6.45) is 13.3. The number of hydrogen-bond acceptors (Lipinski definition) is 6. The largest absolute Gasteiger partial charge is 0.342 e. The van der Waals surface area contributed by atoms with Crippen molar-refractivity contribution in [2.24, 2.45) is 11.1 Å². The van der Waals surface area contributed by atoms with Crippen LogP contribution in [0.25, 0.3) is 5.65 Å². The molecule has 5 rings (SSSR count). The zero-order valence-corrected chi connectivity index (χ0v) is 18.2. The van der Waals surface area contributed by atoms with E-state index >= 15 is 0 Å². The normalized spacial score (nSPS) is 21.3. The van der Waals surface area contributed by atoms with E-state index in [0.29, 0.717) is 21.6 Å². The molecule has 0 amide bonds. The molecule has 3 aromatic heterocycles. The number of pyridine rings is 1. The lowest BCUT2D eigenvalue weighted by molar-refractivity contribution is 0.197. The number of fused-ring (bicyclic) bond motifs is 1. The van der Waals surface area contributed by atoms with Crippen molar-refractivity contribution in [2.45, 2.75) is 47.9 Å². The monoisotopic (exact) mass is 448 g/mol. The van der Waals surface area contributed by atoms with Gasteiger partial charge in [0.2, 0.25) is 5.95 Å². The van der Waals surface area contributed by atoms with Gasteiger partial charge >= 0.3 is 0 Å². The zero-order valence-electron chi connectivity index (χ0n) is 15.9. The lowest BCUT2D eigenvalue weighted by atomic mass is 9.74. The van der Waals surface area contributed by atoms with Crippen molar-refractivity contribution < 1.29 is 0 Å². The predicted molar refractivity (Wildman–Crippen MR) is 117 cm³/mol. The molecule has 1 saturated carbocycles. The minimum atomic E-state index is 0.299. The van der Waals surface area contributed by atoms with Crippen LogP contribution in [0, 0.1) is 5.41 Å². The average molecular weight is 449 g/mol. The van der Waals surface area contributed by atoms with E-state index in [2.05, 4.69) is 19.3 Å². The summed E-state index contributed by atoms with van der Waals surface area (Å²) in [6.45, 7) is 1.96.